The van der Waals surface area contributed by atoms with Crippen molar-refractivity contribution in [1.29, 1.82) is 0 Å². The van der Waals surface area contributed by atoms with Gasteiger partial charge in [0, 0.05) is 27.6 Å². The molecule has 4 nitrogen and oxygen atoms in total. The Morgan fingerprint density at radius 1 is 1.00 bits per heavy atom. The number of rotatable bonds is 3. The molecule has 0 aliphatic heterocycles. The van der Waals surface area contributed by atoms with Gasteiger partial charge in [0.2, 0.25) is 0 Å². The predicted molar refractivity (Wildman–Crippen MR) is 91.2 cm³/mol. The molecular weight excluding hydrogens is 361 g/mol. The molecule has 23 heavy (non-hydrogen) atoms. The van der Waals surface area contributed by atoms with Gasteiger partial charge in [0.1, 0.15) is 17.2 Å². The molecule has 2 aromatic carbocycles. The minimum absolute atomic E-state index is 0.298. The number of hydrogen-bond acceptors (Lipinski definition) is 3. The fourth-order valence-electron chi connectivity index (χ4n) is 2.15. The fraction of sp³-hybridized carbons (Fsp3) is 0.0625. The Kier molecular flexibility index (Phi) is 4.39. The van der Waals surface area contributed by atoms with Crippen LogP contribution in [0.5, 0.6) is 11.5 Å². The molecule has 0 amide bonds. The summed E-state index contributed by atoms with van der Waals surface area (Å²) < 4.78 is 10.5. The third-order valence-corrected chi connectivity index (χ3v) is 3.95. The van der Waals surface area contributed by atoms with Gasteiger partial charge in [-0.3, -0.25) is 0 Å². The molecule has 1 aromatic heterocycles. The van der Waals surface area contributed by atoms with Gasteiger partial charge in [-0.1, -0.05) is 34.8 Å². The first-order valence-corrected chi connectivity index (χ1v) is 7.65. The maximum Gasteiger partial charge on any atom is 0.354 e. The number of hydrogen-bond donors (Lipinski definition) is 1. The lowest BCUT2D eigenvalue weighted by Gasteiger charge is -2.09. The van der Waals surface area contributed by atoms with Crippen LogP contribution in [0, 0.1) is 0 Å². The quantitative estimate of drug-likeness (QED) is 0.601. The van der Waals surface area contributed by atoms with E-state index in [0.29, 0.717) is 43.2 Å². The minimum atomic E-state index is -0.482. The number of esters is 1. The van der Waals surface area contributed by atoms with Crippen LogP contribution < -0.4 is 4.74 Å². The summed E-state index contributed by atoms with van der Waals surface area (Å²) in [4.78, 5) is 14.6. The molecule has 0 aliphatic carbocycles. The number of aromatic amines is 1. The second-order valence-electron chi connectivity index (χ2n) is 4.72. The Hall–Kier alpha value is -1.88. The van der Waals surface area contributed by atoms with Crippen LogP contribution in [0.3, 0.4) is 0 Å². The van der Waals surface area contributed by atoms with Crippen molar-refractivity contribution in [1.82, 2.24) is 4.98 Å². The van der Waals surface area contributed by atoms with Gasteiger partial charge in [-0.2, -0.15) is 0 Å². The van der Waals surface area contributed by atoms with Gasteiger partial charge in [-0.05, 0) is 24.3 Å². The van der Waals surface area contributed by atoms with Crippen LogP contribution in [0.4, 0.5) is 0 Å². The predicted octanol–water partition coefficient (Wildman–Crippen LogP) is 5.71. The zero-order valence-corrected chi connectivity index (χ0v) is 14.1. The highest BCUT2D eigenvalue weighted by Crippen LogP contribution is 2.37. The number of halogens is 3. The molecule has 0 fully saturated rings. The van der Waals surface area contributed by atoms with Crippen LogP contribution in [0.1, 0.15) is 10.5 Å². The molecule has 0 saturated carbocycles. The van der Waals surface area contributed by atoms with Crippen LogP contribution >= 0.6 is 34.8 Å². The average molecular weight is 371 g/mol. The Morgan fingerprint density at radius 3 is 2.48 bits per heavy atom. The van der Waals surface area contributed by atoms with Crippen molar-refractivity contribution >= 4 is 51.7 Å². The third kappa shape index (κ3) is 3.24. The van der Waals surface area contributed by atoms with Crippen LogP contribution in [-0.2, 0) is 4.74 Å². The topological polar surface area (TPSA) is 51.3 Å². The first-order chi connectivity index (χ1) is 11.0. The lowest BCUT2D eigenvalue weighted by atomic mass is 10.2. The number of carbonyl (C=O) groups is 1. The maximum absolute atomic E-state index is 11.7. The monoisotopic (exact) mass is 369 g/mol. The molecule has 1 N–H and O–H groups in total. The summed E-state index contributed by atoms with van der Waals surface area (Å²) in [5.74, 6) is 0.357. The molecule has 0 spiro atoms. The average Bonchev–Trinajstić information content (AvgIpc) is 2.94. The Balaban J connectivity index is 2.11. The number of benzene rings is 2. The molecule has 0 unspecified atom stereocenters. The van der Waals surface area contributed by atoms with Crippen molar-refractivity contribution in [2.75, 3.05) is 7.11 Å². The molecule has 1 heterocycles. The SMILES string of the molecule is COC(=O)c1cc2c(Oc3cc(Cl)ccc3Cl)cc(Cl)cc2[nH]1. The van der Waals surface area contributed by atoms with Crippen LogP contribution in [0.15, 0.2) is 36.4 Å². The van der Waals surface area contributed by atoms with Crippen LogP contribution in [0.2, 0.25) is 15.1 Å². The van der Waals surface area contributed by atoms with Gasteiger partial charge in [0.25, 0.3) is 0 Å². The summed E-state index contributed by atoms with van der Waals surface area (Å²) in [6.07, 6.45) is 0. The van der Waals surface area contributed by atoms with Crippen molar-refractivity contribution in [2.24, 2.45) is 0 Å². The number of H-pyrrole nitrogens is 1. The molecule has 0 aliphatic rings. The first-order valence-electron chi connectivity index (χ1n) is 6.51. The highest BCUT2D eigenvalue weighted by molar-refractivity contribution is 6.34. The second-order valence-corrected chi connectivity index (χ2v) is 6.00. The number of aromatic nitrogens is 1. The van der Waals surface area contributed by atoms with Gasteiger partial charge >= 0.3 is 5.97 Å². The Morgan fingerprint density at radius 2 is 1.74 bits per heavy atom. The molecule has 0 radical (unpaired) electrons. The van der Waals surface area contributed by atoms with Crippen molar-refractivity contribution in [3.63, 3.8) is 0 Å². The van der Waals surface area contributed by atoms with Gasteiger partial charge in [0.05, 0.1) is 17.6 Å². The van der Waals surface area contributed by atoms with E-state index in [1.54, 1.807) is 36.4 Å². The van der Waals surface area contributed by atoms with E-state index < -0.39 is 5.97 Å². The highest BCUT2D eigenvalue weighted by atomic mass is 35.5. The van der Waals surface area contributed by atoms with Gasteiger partial charge < -0.3 is 14.5 Å². The van der Waals surface area contributed by atoms with E-state index in [-0.39, 0.29) is 0 Å². The van der Waals surface area contributed by atoms with Crippen LogP contribution in [-0.4, -0.2) is 18.1 Å². The number of fused-ring (bicyclic) bond motifs is 1. The Bertz CT molecular complexity index is 905. The molecular formula is C16H10Cl3NO3. The van der Waals surface area contributed by atoms with E-state index >= 15 is 0 Å². The standard InChI is InChI=1S/C16H10Cl3NO3/c1-22-16(21)13-7-10-12(20-13)4-9(18)6-14(10)23-15-5-8(17)2-3-11(15)19/h2-7,20H,1H3. The summed E-state index contributed by atoms with van der Waals surface area (Å²) >= 11 is 18.2. The van der Waals surface area contributed by atoms with E-state index in [9.17, 15) is 4.79 Å². The summed E-state index contributed by atoms with van der Waals surface area (Å²) in [6, 6.07) is 9.86. The maximum atomic E-state index is 11.7. The van der Waals surface area contributed by atoms with E-state index in [1.165, 1.54) is 7.11 Å². The van der Waals surface area contributed by atoms with Crippen molar-refractivity contribution < 1.29 is 14.3 Å². The second kappa shape index (κ2) is 6.32. The van der Waals surface area contributed by atoms with Gasteiger partial charge in [-0.25, -0.2) is 4.79 Å². The molecule has 3 aromatic rings. The summed E-state index contributed by atoms with van der Waals surface area (Å²) in [5.41, 5.74) is 0.942. The van der Waals surface area contributed by atoms with E-state index in [4.69, 9.17) is 44.3 Å². The largest absolute Gasteiger partial charge is 0.464 e. The fourth-order valence-corrected chi connectivity index (χ4v) is 2.68. The molecule has 118 valence electrons. The summed E-state index contributed by atoms with van der Waals surface area (Å²) in [5, 5.41) is 2.02. The Labute approximate surface area is 146 Å². The first kappa shape index (κ1) is 16.0. The lowest BCUT2D eigenvalue weighted by Crippen LogP contribution is -2.00. The molecule has 3 rings (SSSR count). The number of ether oxygens (including phenoxy) is 2. The zero-order chi connectivity index (χ0) is 16.6. The van der Waals surface area contributed by atoms with Crippen molar-refractivity contribution in [3.8, 4) is 11.5 Å². The smallest absolute Gasteiger partial charge is 0.354 e. The van der Waals surface area contributed by atoms with E-state index in [2.05, 4.69) is 4.98 Å². The lowest BCUT2D eigenvalue weighted by molar-refractivity contribution is 0.0595. The van der Waals surface area contributed by atoms with E-state index in [1.807, 2.05) is 0 Å². The van der Waals surface area contributed by atoms with Gasteiger partial charge in [-0.15, -0.1) is 0 Å². The van der Waals surface area contributed by atoms with Crippen LogP contribution in [0.25, 0.3) is 10.9 Å². The van der Waals surface area contributed by atoms with Gasteiger partial charge in [0.15, 0.2) is 0 Å². The number of carbonyl (C=O) groups excluding carboxylic acids is 1. The number of methoxy groups -OCH3 is 1. The number of nitrogens with one attached hydrogen (secondary N) is 1. The van der Waals surface area contributed by atoms with E-state index in [0.717, 1.165) is 0 Å². The minimum Gasteiger partial charge on any atom is -0.464 e. The third-order valence-electron chi connectivity index (χ3n) is 3.18. The summed E-state index contributed by atoms with van der Waals surface area (Å²) in [7, 11) is 1.31. The molecule has 0 saturated heterocycles. The zero-order valence-electron chi connectivity index (χ0n) is 11.8. The molecule has 7 heteroatoms. The summed E-state index contributed by atoms with van der Waals surface area (Å²) in [6.45, 7) is 0. The molecule has 0 bridgehead atoms. The highest BCUT2D eigenvalue weighted by Gasteiger charge is 2.15. The van der Waals surface area contributed by atoms with Crippen molar-refractivity contribution in [2.45, 2.75) is 0 Å². The normalized spacial score (nSPS) is 10.8. The van der Waals surface area contributed by atoms with Crippen molar-refractivity contribution in [3.05, 3.63) is 57.2 Å². The molecule has 0 atom stereocenters.